The Bertz CT molecular complexity index is 1060. The molecule has 1 atom stereocenters. The van der Waals surface area contributed by atoms with E-state index in [4.69, 9.17) is 32.2 Å². The molecule has 1 unspecified atom stereocenters. The van der Waals surface area contributed by atoms with Crippen LogP contribution in [0.4, 0.5) is 13.2 Å². The van der Waals surface area contributed by atoms with Gasteiger partial charge in [0.25, 0.3) is 0 Å². The Balaban J connectivity index is 0.000000360. The van der Waals surface area contributed by atoms with Gasteiger partial charge in [-0.1, -0.05) is 49.3 Å². The smallest absolute Gasteiger partial charge is 0.475 e. The minimum absolute atomic E-state index is 0.200. The van der Waals surface area contributed by atoms with Crippen molar-refractivity contribution in [2.45, 2.75) is 44.8 Å². The summed E-state index contributed by atoms with van der Waals surface area (Å²) >= 11 is 7.80. The third-order valence-electron chi connectivity index (χ3n) is 5.42. The number of rotatable bonds is 1. The van der Waals surface area contributed by atoms with E-state index in [1.165, 1.54) is 11.1 Å². The number of thioether (sulfide) groups is 1. The molecule has 172 valence electrons. The second-order valence-electron chi connectivity index (χ2n) is 8.66. The van der Waals surface area contributed by atoms with Crippen LogP contribution in [0, 0.1) is 5.41 Å². The first-order valence-electron chi connectivity index (χ1n) is 9.84. The number of benzene rings is 1. The highest BCUT2D eigenvalue weighted by Crippen LogP contribution is 2.51. The van der Waals surface area contributed by atoms with Crippen LogP contribution in [0.2, 0.25) is 5.02 Å². The van der Waals surface area contributed by atoms with Crippen LogP contribution in [0.3, 0.4) is 0 Å². The second kappa shape index (κ2) is 8.94. The lowest BCUT2D eigenvalue weighted by Gasteiger charge is -2.45. The predicted octanol–water partition coefficient (Wildman–Crippen LogP) is 5.65. The van der Waals surface area contributed by atoms with Crippen molar-refractivity contribution in [1.82, 2.24) is 4.98 Å². The molecule has 2 heterocycles. The first-order valence-corrected chi connectivity index (χ1v) is 11.2. The zero-order chi connectivity index (χ0) is 23.7. The first kappa shape index (κ1) is 24.4. The lowest BCUT2D eigenvalue weighted by molar-refractivity contribution is -0.192. The van der Waals surface area contributed by atoms with E-state index in [1.807, 2.05) is 12.3 Å². The number of carbonyl (C=O) groups is 1. The van der Waals surface area contributed by atoms with E-state index < -0.39 is 12.1 Å². The molecule has 0 radical (unpaired) electrons. The maximum atomic E-state index is 10.6. The quantitative estimate of drug-likeness (QED) is 0.544. The van der Waals surface area contributed by atoms with Crippen LogP contribution in [0.1, 0.15) is 37.8 Å². The van der Waals surface area contributed by atoms with Crippen molar-refractivity contribution in [3.8, 4) is 11.1 Å². The standard InChI is InChI=1S/C20H22ClN3S.C2HF3O2/c1-19(2)9-14-4-3-13(15-7-16(21)11-23-10-15)8-17(14)20(12-19)5-6-25-18(22)24-20;3-2(4,5)1(6)7/h3-4,7-8,10-11H,5-6,9,12H2,1-2H3,(H2,22,24);(H,6,7). The average Bonchev–Trinajstić information content (AvgIpc) is 2.66. The van der Waals surface area contributed by atoms with E-state index in [-0.39, 0.29) is 11.0 Å². The van der Waals surface area contributed by atoms with Gasteiger partial charge >= 0.3 is 12.1 Å². The Kier molecular flexibility index (Phi) is 6.81. The number of nitrogens with two attached hydrogens (primary N) is 1. The van der Waals surface area contributed by atoms with Gasteiger partial charge in [-0.15, -0.1) is 0 Å². The van der Waals surface area contributed by atoms with E-state index in [9.17, 15) is 13.2 Å². The van der Waals surface area contributed by atoms with Gasteiger partial charge in [-0.3, -0.25) is 9.98 Å². The Labute approximate surface area is 193 Å². The number of aliphatic imine (C=N–C) groups is 1. The normalized spacial score (nSPS) is 21.8. The molecule has 1 aliphatic carbocycles. The highest BCUT2D eigenvalue weighted by Gasteiger charge is 2.45. The van der Waals surface area contributed by atoms with Gasteiger partial charge in [0.2, 0.25) is 0 Å². The average molecular weight is 486 g/mol. The number of aliphatic carboxylic acids is 1. The number of aromatic nitrogens is 1. The van der Waals surface area contributed by atoms with E-state index in [0.29, 0.717) is 10.2 Å². The van der Waals surface area contributed by atoms with Crippen molar-refractivity contribution in [2.24, 2.45) is 16.1 Å². The number of hydrogen-bond acceptors (Lipinski definition) is 5. The van der Waals surface area contributed by atoms with Gasteiger partial charge < -0.3 is 10.8 Å². The second-order valence-corrected chi connectivity index (χ2v) is 10.2. The maximum Gasteiger partial charge on any atom is 0.490 e. The summed E-state index contributed by atoms with van der Waals surface area (Å²) in [4.78, 5) is 18.1. The van der Waals surface area contributed by atoms with Crippen LogP contribution in [0.5, 0.6) is 0 Å². The molecule has 0 bridgehead atoms. The molecule has 4 rings (SSSR count). The van der Waals surface area contributed by atoms with Gasteiger partial charge in [0, 0.05) is 23.7 Å². The topological polar surface area (TPSA) is 88.6 Å². The molecule has 32 heavy (non-hydrogen) atoms. The molecule has 1 aromatic heterocycles. The number of alkyl halides is 3. The van der Waals surface area contributed by atoms with Crippen LogP contribution in [-0.2, 0) is 16.8 Å². The largest absolute Gasteiger partial charge is 0.490 e. The third-order valence-corrected chi connectivity index (χ3v) is 6.42. The molecule has 0 fully saturated rings. The molecular formula is C22H23ClF3N3O2S. The SMILES string of the molecule is CC1(C)Cc2ccc(-c3cncc(Cl)c3)cc2C2(CCSC(N)=N2)C1.O=C(O)C(F)(F)F. The fourth-order valence-electron chi connectivity index (χ4n) is 4.32. The molecule has 10 heteroatoms. The number of fused-ring (bicyclic) bond motifs is 2. The van der Waals surface area contributed by atoms with E-state index in [0.717, 1.165) is 36.1 Å². The van der Waals surface area contributed by atoms with Crippen molar-refractivity contribution in [3.63, 3.8) is 0 Å². The van der Waals surface area contributed by atoms with Crippen molar-refractivity contribution >= 4 is 34.5 Å². The van der Waals surface area contributed by atoms with E-state index >= 15 is 0 Å². The molecule has 0 saturated carbocycles. The predicted molar refractivity (Wildman–Crippen MR) is 121 cm³/mol. The Morgan fingerprint density at radius 3 is 2.50 bits per heavy atom. The summed E-state index contributed by atoms with van der Waals surface area (Å²) in [6.07, 6.45) is 1.58. The van der Waals surface area contributed by atoms with E-state index in [1.54, 1.807) is 18.0 Å². The number of pyridine rings is 1. The van der Waals surface area contributed by atoms with Gasteiger partial charge in [-0.2, -0.15) is 13.2 Å². The van der Waals surface area contributed by atoms with Crippen LogP contribution in [-0.4, -0.2) is 33.2 Å². The Morgan fingerprint density at radius 1 is 1.22 bits per heavy atom. The van der Waals surface area contributed by atoms with Crippen LogP contribution >= 0.6 is 23.4 Å². The maximum absolute atomic E-state index is 10.6. The van der Waals surface area contributed by atoms with Crippen LogP contribution in [0.25, 0.3) is 11.1 Å². The number of carboxylic acid groups (broad SMARTS) is 1. The number of carboxylic acids is 1. The fraction of sp³-hybridized carbons (Fsp3) is 0.409. The number of amidine groups is 1. The van der Waals surface area contributed by atoms with Gasteiger partial charge in [0.15, 0.2) is 5.17 Å². The number of hydrogen-bond donors (Lipinski definition) is 2. The molecule has 1 aliphatic heterocycles. The summed E-state index contributed by atoms with van der Waals surface area (Å²) in [6.45, 7) is 4.67. The van der Waals surface area contributed by atoms with Gasteiger partial charge in [0.05, 0.1) is 10.6 Å². The molecule has 1 aromatic carbocycles. The minimum Gasteiger partial charge on any atom is -0.475 e. The van der Waals surface area contributed by atoms with Gasteiger partial charge in [0.1, 0.15) is 0 Å². The van der Waals surface area contributed by atoms with E-state index in [2.05, 4.69) is 37.0 Å². The lowest BCUT2D eigenvalue weighted by atomic mass is 9.64. The molecule has 0 saturated heterocycles. The molecule has 2 aliphatic rings. The lowest BCUT2D eigenvalue weighted by Crippen LogP contribution is -2.41. The fourth-order valence-corrected chi connectivity index (χ4v) is 5.39. The number of halogens is 4. The summed E-state index contributed by atoms with van der Waals surface area (Å²) in [5.74, 6) is -1.74. The highest BCUT2D eigenvalue weighted by atomic mass is 35.5. The summed E-state index contributed by atoms with van der Waals surface area (Å²) in [7, 11) is 0. The molecule has 1 spiro atoms. The highest BCUT2D eigenvalue weighted by molar-refractivity contribution is 8.13. The van der Waals surface area contributed by atoms with Gasteiger partial charge in [-0.05, 0) is 53.5 Å². The summed E-state index contributed by atoms with van der Waals surface area (Å²) in [6, 6.07) is 8.67. The molecule has 0 amide bonds. The molecule has 3 N–H and O–H groups in total. The minimum atomic E-state index is -5.08. The summed E-state index contributed by atoms with van der Waals surface area (Å²) in [5.41, 5.74) is 11.1. The van der Waals surface area contributed by atoms with Crippen molar-refractivity contribution in [3.05, 3.63) is 52.8 Å². The number of nitrogens with zero attached hydrogens (tertiary/aromatic N) is 2. The van der Waals surface area contributed by atoms with Crippen molar-refractivity contribution in [2.75, 3.05) is 5.75 Å². The molecule has 5 nitrogen and oxygen atoms in total. The van der Waals surface area contributed by atoms with Crippen molar-refractivity contribution < 1.29 is 23.1 Å². The first-order chi connectivity index (χ1) is 14.8. The zero-order valence-corrected chi connectivity index (χ0v) is 19.1. The summed E-state index contributed by atoms with van der Waals surface area (Å²) < 4.78 is 31.7. The van der Waals surface area contributed by atoms with Crippen LogP contribution < -0.4 is 5.73 Å². The van der Waals surface area contributed by atoms with Gasteiger partial charge in [-0.25, -0.2) is 4.79 Å². The zero-order valence-electron chi connectivity index (χ0n) is 17.5. The summed E-state index contributed by atoms with van der Waals surface area (Å²) in [5, 5.41) is 8.49. The third kappa shape index (κ3) is 5.56. The molecule has 2 aromatic rings. The monoisotopic (exact) mass is 485 g/mol. The Morgan fingerprint density at radius 2 is 1.91 bits per heavy atom. The molecular weight excluding hydrogens is 463 g/mol. The van der Waals surface area contributed by atoms with Crippen LogP contribution in [0.15, 0.2) is 41.7 Å². The van der Waals surface area contributed by atoms with Crippen molar-refractivity contribution in [1.29, 1.82) is 0 Å². The Hall–Kier alpha value is -2.26.